The van der Waals surface area contributed by atoms with E-state index in [1.807, 2.05) is 55.5 Å². The zero-order valence-corrected chi connectivity index (χ0v) is 24.5. The van der Waals surface area contributed by atoms with Crippen LogP contribution in [0.5, 0.6) is 0 Å². The first-order valence-electron chi connectivity index (χ1n) is 13.4. The third-order valence-corrected chi connectivity index (χ3v) is 12.1. The Morgan fingerprint density at radius 2 is 1.32 bits per heavy atom. The number of rotatable bonds is 11. The van der Waals surface area contributed by atoms with E-state index in [1.54, 1.807) is 6.08 Å². The van der Waals surface area contributed by atoms with Crippen molar-refractivity contribution in [2.45, 2.75) is 58.8 Å². The molecular weight excluding hydrogens is 488 g/mol. The number of hydrogen-bond acceptors (Lipinski definition) is 4. The van der Waals surface area contributed by atoms with Gasteiger partial charge < -0.3 is 14.3 Å². The number of hydrogen-bond donors (Lipinski definition) is 1. The summed E-state index contributed by atoms with van der Waals surface area (Å²) in [6.45, 7) is 12.7. The van der Waals surface area contributed by atoms with Crippen LogP contribution in [0.25, 0.3) is 0 Å². The van der Waals surface area contributed by atoms with Gasteiger partial charge >= 0.3 is 5.97 Å². The Balaban J connectivity index is 1.89. The molecule has 202 valence electrons. The fourth-order valence-corrected chi connectivity index (χ4v) is 9.87. The monoisotopic (exact) mass is 530 g/mol. The van der Waals surface area contributed by atoms with Gasteiger partial charge in [0.2, 0.25) is 0 Å². The van der Waals surface area contributed by atoms with Gasteiger partial charge in [-0.1, -0.05) is 138 Å². The molecule has 0 aliphatic heterocycles. The topological polar surface area (TPSA) is 55.8 Å². The molecule has 0 heterocycles. The van der Waals surface area contributed by atoms with Crippen molar-refractivity contribution in [3.63, 3.8) is 0 Å². The lowest BCUT2D eigenvalue weighted by Crippen LogP contribution is -2.67. The first-order valence-corrected chi connectivity index (χ1v) is 15.3. The summed E-state index contributed by atoms with van der Waals surface area (Å²) < 4.78 is 12.9. The van der Waals surface area contributed by atoms with Crippen molar-refractivity contribution >= 4 is 24.7 Å². The van der Waals surface area contributed by atoms with Gasteiger partial charge in [-0.05, 0) is 21.0 Å². The average molecular weight is 531 g/mol. The lowest BCUT2D eigenvalue weighted by molar-refractivity contribution is -0.151. The normalized spacial score (nSPS) is 15.6. The average Bonchev–Trinajstić information content (AvgIpc) is 2.91. The number of ether oxygens (including phenoxy) is 1. The molecule has 0 spiro atoms. The summed E-state index contributed by atoms with van der Waals surface area (Å²) >= 11 is 0. The standard InChI is InChI=1S/C33H42O4Si/c1-25(22-23-31(35)28-16-10-7-11-17-28)32(37-27(3)34)26(2)24-36-38(33(4,5)6,29-18-12-8-13-19-29)30-20-14-9-15-21-30/h7-23,25-26,31-32,35H,24H2,1-6H3/b23-22+/t25-,26+,31+,32-/m1/s1. The quantitative estimate of drug-likeness (QED) is 0.186. The fraction of sp³-hybridized carbons (Fsp3) is 0.364. The van der Waals surface area contributed by atoms with Gasteiger partial charge in [-0.2, -0.15) is 0 Å². The summed E-state index contributed by atoms with van der Waals surface area (Å²) in [5.74, 6) is -0.514. The predicted molar refractivity (Wildman–Crippen MR) is 158 cm³/mol. The van der Waals surface area contributed by atoms with Crippen molar-refractivity contribution in [1.82, 2.24) is 0 Å². The molecule has 0 aromatic heterocycles. The van der Waals surface area contributed by atoms with E-state index in [4.69, 9.17) is 9.16 Å². The Bertz CT molecular complexity index is 1120. The maximum absolute atomic E-state index is 12.1. The smallest absolute Gasteiger partial charge is 0.302 e. The van der Waals surface area contributed by atoms with Gasteiger partial charge in [0.1, 0.15) is 6.10 Å². The molecule has 0 aliphatic carbocycles. The summed E-state index contributed by atoms with van der Waals surface area (Å²) in [4.78, 5) is 12.1. The Labute approximate surface area is 229 Å². The van der Waals surface area contributed by atoms with Gasteiger partial charge in [-0.25, -0.2) is 0 Å². The van der Waals surface area contributed by atoms with Crippen LogP contribution in [0.15, 0.2) is 103 Å². The Hall–Kier alpha value is -2.99. The van der Waals surface area contributed by atoms with Crippen molar-refractivity contribution in [3.05, 3.63) is 109 Å². The van der Waals surface area contributed by atoms with Gasteiger partial charge in [-0.15, -0.1) is 0 Å². The highest BCUT2D eigenvalue weighted by Gasteiger charge is 2.50. The van der Waals surface area contributed by atoms with Crippen LogP contribution >= 0.6 is 0 Å². The van der Waals surface area contributed by atoms with Crippen molar-refractivity contribution in [2.75, 3.05) is 6.61 Å². The third kappa shape index (κ3) is 7.10. The minimum Gasteiger partial charge on any atom is -0.462 e. The first kappa shape index (κ1) is 29.6. The second-order valence-corrected chi connectivity index (χ2v) is 15.4. The van der Waals surface area contributed by atoms with E-state index < -0.39 is 20.5 Å². The molecular formula is C33H42O4Si. The van der Waals surface area contributed by atoms with Crippen LogP contribution in [-0.4, -0.2) is 32.1 Å². The lowest BCUT2D eigenvalue weighted by Gasteiger charge is -2.44. The molecule has 4 nitrogen and oxygen atoms in total. The van der Waals surface area contributed by atoms with Crippen molar-refractivity contribution in [1.29, 1.82) is 0 Å². The molecule has 1 N–H and O–H groups in total. The molecule has 4 atom stereocenters. The van der Waals surface area contributed by atoms with Crippen LogP contribution in [0.3, 0.4) is 0 Å². The molecule has 3 aromatic carbocycles. The largest absolute Gasteiger partial charge is 0.462 e. The van der Waals surface area contributed by atoms with Crippen LogP contribution in [0, 0.1) is 11.8 Å². The lowest BCUT2D eigenvalue weighted by atomic mass is 9.92. The summed E-state index contributed by atoms with van der Waals surface area (Å²) in [5.41, 5.74) is 0.822. The van der Waals surface area contributed by atoms with Crippen LogP contribution in [-0.2, 0) is 14.0 Å². The fourth-order valence-electron chi connectivity index (χ4n) is 5.20. The Kier molecular flexibility index (Phi) is 10.3. The highest BCUT2D eigenvalue weighted by Crippen LogP contribution is 2.37. The van der Waals surface area contributed by atoms with E-state index in [1.165, 1.54) is 17.3 Å². The van der Waals surface area contributed by atoms with E-state index >= 15 is 0 Å². The third-order valence-electron chi connectivity index (χ3n) is 7.10. The van der Waals surface area contributed by atoms with E-state index in [-0.39, 0.29) is 22.8 Å². The molecule has 0 saturated carbocycles. The minimum absolute atomic E-state index is 0.0749. The molecule has 0 bridgehead atoms. The number of benzene rings is 3. The summed E-state index contributed by atoms with van der Waals surface area (Å²) in [7, 11) is -2.71. The number of esters is 1. The van der Waals surface area contributed by atoms with Crippen LogP contribution in [0.2, 0.25) is 5.04 Å². The van der Waals surface area contributed by atoms with Gasteiger partial charge in [0.25, 0.3) is 8.32 Å². The van der Waals surface area contributed by atoms with Gasteiger partial charge in [-0.3, -0.25) is 4.79 Å². The molecule has 0 unspecified atom stereocenters. The Morgan fingerprint density at radius 1 is 0.842 bits per heavy atom. The van der Waals surface area contributed by atoms with E-state index in [9.17, 15) is 9.90 Å². The molecule has 0 radical (unpaired) electrons. The van der Waals surface area contributed by atoms with Gasteiger partial charge in [0, 0.05) is 25.4 Å². The van der Waals surface area contributed by atoms with Crippen LogP contribution in [0.4, 0.5) is 0 Å². The second-order valence-electron chi connectivity index (χ2n) is 11.1. The van der Waals surface area contributed by atoms with E-state index in [0.29, 0.717) is 6.61 Å². The van der Waals surface area contributed by atoms with Crippen LogP contribution < -0.4 is 10.4 Å². The number of aliphatic hydroxyl groups is 1. The van der Waals surface area contributed by atoms with Gasteiger partial charge in [0.15, 0.2) is 0 Å². The molecule has 38 heavy (non-hydrogen) atoms. The SMILES string of the molecule is CC(=O)O[C@H]([C@H](C)/C=C/[C@H](O)c1ccccc1)[C@@H](C)CO[Si](c1ccccc1)(c1ccccc1)C(C)(C)C. The maximum atomic E-state index is 12.1. The second kappa shape index (κ2) is 13.2. The summed E-state index contributed by atoms with van der Waals surface area (Å²) in [6.07, 6.45) is 2.59. The van der Waals surface area contributed by atoms with Crippen LogP contribution in [0.1, 0.15) is 53.2 Å². The highest BCUT2D eigenvalue weighted by molar-refractivity contribution is 6.99. The Morgan fingerprint density at radius 3 is 1.76 bits per heavy atom. The van der Waals surface area contributed by atoms with Gasteiger partial charge in [0.05, 0.1) is 6.10 Å². The summed E-state index contributed by atoms with van der Waals surface area (Å²) in [6, 6.07) is 30.6. The molecule has 3 rings (SSSR count). The number of carbonyl (C=O) groups is 1. The van der Waals surface area contributed by atoms with Crippen molar-refractivity contribution in [2.24, 2.45) is 11.8 Å². The predicted octanol–water partition coefficient (Wildman–Crippen LogP) is 6.06. The molecule has 0 saturated heterocycles. The molecule has 0 amide bonds. The molecule has 0 fully saturated rings. The van der Waals surface area contributed by atoms with E-state index in [0.717, 1.165) is 5.56 Å². The number of aliphatic hydroxyl groups excluding tert-OH is 1. The maximum Gasteiger partial charge on any atom is 0.302 e. The zero-order chi connectivity index (χ0) is 27.8. The van der Waals surface area contributed by atoms with Crippen molar-refractivity contribution in [3.8, 4) is 0 Å². The van der Waals surface area contributed by atoms with E-state index in [2.05, 4.69) is 76.2 Å². The number of carbonyl (C=O) groups excluding carboxylic acids is 1. The molecule has 0 aliphatic rings. The highest BCUT2D eigenvalue weighted by atomic mass is 28.4. The first-order chi connectivity index (χ1) is 18.1. The molecule has 5 heteroatoms. The van der Waals surface area contributed by atoms with Crippen molar-refractivity contribution < 1.29 is 19.1 Å². The zero-order valence-electron chi connectivity index (χ0n) is 23.5. The molecule has 3 aromatic rings. The summed E-state index contributed by atoms with van der Waals surface area (Å²) in [5, 5.41) is 12.9. The minimum atomic E-state index is -2.71.